The van der Waals surface area contributed by atoms with Crippen LogP contribution in [0.2, 0.25) is 0 Å². The molecule has 1 heterocycles. The molecule has 6 nitrogen and oxygen atoms in total. The van der Waals surface area contributed by atoms with Gasteiger partial charge >= 0.3 is 5.97 Å². The number of carbonyl (C=O) groups excluding carboxylic acids is 2. The van der Waals surface area contributed by atoms with E-state index in [1.165, 1.54) is 19.3 Å². The lowest BCUT2D eigenvalue weighted by molar-refractivity contribution is -0.144. The van der Waals surface area contributed by atoms with E-state index in [1.54, 1.807) is 6.92 Å². The van der Waals surface area contributed by atoms with Crippen LogP contribution in [-0.2, 0) is 19.1 Å². The van der Waals surface area contributed by atoms with Crippen LogP contribution in [0.5, 0.6) is 0 Å². The number of unbranched alkanes of at least 4 members (excludes halogenated alkanes) is 3. The van der Waals surface area contributed by atoms with Crippen LogP contribution >= 0.6 is 0 Å². The summed E-state index contributed by atoms with van der Waals surface area (Å²) in [6, 6.07) is 0. The molecular weight excluding hydrogens is 320 g/mol. The Labute approximate surface area is 152 Å². The lowest BCUT2D eigenvalue weighted by atomic mass is 9.96. The number of rotatable bonds is 12. The number of carbonyl (C=O) groups is 2. The first kappa shape index (κ1) is 21.9. The normalized spacial score (nSPS) is 21.9. The molecule has 1 saturated heterocycles. The van der Waals surface area contributed by atoms with E-state index in [9.17, 15) is 9.59 Å². The maximum absolute atomic E-state index is 12.5. The van der Waals surface area contributed by atoms with Gasteiger partial charge in [0.15, 0.2) is 12.2 Å². The van der Waals surface area contributed by atoms with Crippen LogP contribution in [0.1, 0.15) is 66.7 Å². The van der Waals surface area contributed by atoms with Crippen molar-refractivity contribution in [1.82, 2.24) is 10.2 Å². The average molecular weight is 357 g/mol. The van der Waals surface area contributed by atoms with Gasteiger partial charge in [0.25, 0.3) is 5.91 Å². The predicted octanol–water partition coefficient (Wildman–Crippen LogP) is 2.71. The van der Waals surface area contributed by atoms with Crippen LogP contribution < -0.4 is 5.32 Å². The van der Waals surface area contributed by atoms with E-state index in [1.807, 2.05) is 14.0 Å². The second-order valence-corrected chi connectivity index (χ2v) is 7.57. The molecule has 1 fully saturated rings. The molecule has 1 aliphatic rings. The van der Waals surface area contributed by atoms with E-state index in [4.69, 9.17) is 9.47 Å². The molecule has 146 valence electrons. The van der Waals surface area contributed by atoms with E-state index in [-0.39, 0.29) is 5.91 Å². The van der Waals surface area contributed by atoms with Crippen molar-refractivity contribution in [3.05, 3.63) is 0 Å². The smallest absolute Gasteiger partial charge is 0.338 e. The van der Waals surface area contributed by atoms with Gasteiger partial charge in [0.05, 0.1) is 12.3 Å². The lowest BCUT2D eigenvalue weighted by Gasteiger charge is -2.41. The van der Waals surface area contributed by atoms with Crippen LogP contribution in [-0.4, -0.2) is 54.8 Å². The van der Waals surface area contributed by atoms with Crippen molar-refractivity contribution in [2.75, 3.05) is 20.2 Å². The van der Waals surface area contributed by atoms with Crippen molar-refractivity contribution in [3.63, 3.8) is 0 Å². The number of ether oxygens (including phenoxy) is 2. The zero-order chi connectivity index (χ0) is 19.0. The second kappa shape index (κ2) is 10.1. The van der Waals surface area contributed by atoms with E-state index >= 15 is 0 Å². The summed E-state index contributed by atoms with van der Waals surface area (Å²) in [6.45, 7) is 11.5. The molecule has 0 saturated carbocycles. The topological polar surface area (TPSA) is 71.2 Å². The highest BCUT2D eigenvalue weighted by Crippen LogP contribution is 2.27. The van der Waals surface area contributed by atoms with E-state index in [0.717, 1.165) is 19.4 Å². The first-order valence-electron chi connectivity index (χ1n) is 9.60. The molecular formula is C19H36N2O4. The maximum Gasteiger partial charge on any atom is 0.338 e. The van der Waals surface area contributed by atoms with Crippen LogP contribution in [0.25, 0.3) is 0 Å². The summed E-state index contributed by atoms with van der Waals surface area (Å²) >= 11 is 0. The van der Waals surface area contributed by atoms with Crippen molar-refractivity contribution in [2.45, 2.75) is 84.6 Å². The minimum Gasteiger partial charge on any atom is -0.464 e. The van der Waals surface area contributed by atoms with Crippen molar-refractivity contribution < 1.29 is 19.1 Å². The lowest BCUT2D eigenvalue weighted by Crippen LogP contribution is -2.59. The third-order valence-corrected chi connectivity index (χ3v) is 4.66. The van der Waals surface area contributed by atoms with Gasteiger partial charge < -0.3 is 14.8 Å². The highest BCUT2D eigenvalue weighted by Gasteiger charge is 2.52. The van der Waals surface area contributed by atoms with Gasteiger partial charge in [-0.25, -0.2) is 4.79 Å². The number of nitrogens with zero attached hydrogens (tertiary/aromatic N) is 1. The quantitative estimate of drug-likeness (QED) is 0.252. The Morgan fingerprint density at radius 1 is 1.20 bits per heavy atom. The van der Waals surface area contributed by atoms with Crippen molar-refractivity contribution >= 4 is 11.9 Å². The van der Waals surface area contributed by atoms with Gasteiger partial charge in [-0.3, -0.25) is 9.69 Å². The summed E-state index contributed by atoms with van der Waals surface area (Å²) in [5.41, 5.74) is -0.456. The number of nitrogens with one attached hydrogen (secondary N) is 1. The monoisotopic (exact) mass is 356 g/mol. The molecule has 0 unspecified atom stereocenters. The first-order valence-corrected chi connectivity index (χ1v) is 9.60. The minimum absolute atomic E-state index is 0.235. The van der Waals surface area contributed by atoms with Crippen molar-refractivity contribution in [3.8, 4) is 0 Å². The number of amides is 1. The molecule has 1 rings (SSSR count). The average Bonchev–Trinajstić information content (AvgIpc) is 3.31. The molecule has 25 heavy (non-hydrogen) atoms. The van der Waals surface area contributed by atoms with Crippen molar-refractivity contribution in [1.29, 1.82) is 0 Å². The molecule has 0 bridgehead atoms. The van der Waals surface area contributed by atoms with Gasteiger partial charge in [0, 0.05) is 6.54 Å². The fourth-order valence-corrected chi connectivity index (χ4v) is 3.17. The van der Waals surface area contributed by atoms with Crippen LogP contribution in [0.3, 0.4) is 0 Å². The number of hydrogen-bond donors (Lipinski definition) is 1. The molecule has 0 aromatic carbocycles. The summed E-state index contributed by atoms with van der Waals surface area (Å²) in [7, 11) is 2.05. The number of epoxide rings is 1. The summed E-state index contributed by atoms with van der Waals surface area (Å²) < 4.78 is 10.1. The van der Waals surface area contributed by atoms with Gasteiger partial charge in [-0.2, -0.15) is 0 Å². The van der Waals surface area contributed by atoms with Gasteiger partial charge in [-0.1, -0.05) is 40.0 Å². The Morgan fingerprint density at radius 3 is 2.44 bits per heavy atom. The van der Waals surface area contributed by atoms with Gasteiger partial charge in [0.1, 0.15) is 0 Å². The molecule has 3 atom stereocenters. The van der Waals surface area contributed by atoms with E-state index in [0.29, 0.717) is 12.5 Å². The summed E-state index contributed by atoms with van der Waals surface area (Å²) in [5.74, 6) is -0.257. The fraction of sp³-hybridized carbons (Fsp3) is 0.895. The molecule has 6 heteroatoms. The third kappa shape index (κ3) is 6.94. The maximum atomic E-state index is 12.5. The highest BCUT2D eigenvalue weighted by atomic mass is 16.6. The highest BCUT2D eigenvalue weighted by molar-refractivity contribution is 5.93. The second-order valence-electron chi connectivity index (χ2n) is 7.57. The standard InChI is InChI=1S/C19H36N2O4/c1-7-9-10-11-12-21(6)19(5,13-14(3)4)20-17(22)15-16(25-15)18(23)24-8-2/h14-16H,7-13H2,1-6H3,(H,20,22)/t15-,16-,19-/m0/s1. The summed E-state index contributed by atoms with van der Waals surface area (Å²) in [4.78, 5) is 26.4. The summed E-state index contributed by atoms with van der Waals surface area (Å²) in [5, 5.41) is 3.11. The first-order chi connectivity index (χ1) is 11.7. The molecule has 0 spiro atoms. The Hall–Kier alpha value is -1.14. The predicted molar refractivity (Wildman–Crippen MR) is 98.1 cm³/mol. The number of esters is 1. The molecule has 0 radical (unpaired) electrons. The largest absolute Gasteiger partial charge is 0.464 e. The molecule has 1 aliphatic heterocycles. The Morgan fingerprint density at radius 2 is 1.88 bits per heavy atom. The zero-order valence-corrected chi connectivity index (χ0v) is 16.8. The molecule has 0 aromatic rings. The zero-order valence-electron chi connectivity index (χ0n) is 16.8. The van der Waals surface area contributed by atoms with Crippen LogP contribution in [0.15, 0.2) is 0 Å². The van der Waals surface area contributed by atoms with Gasteiger partial charge in [-0.15, -0.1) is 0 Å². The fourth-order valence-electron chi connectivity index (χ4n) is 3.17. The Kier molecular flexibility index (Phi) is 8.86. The van der Waals surface area contributed by atoms with E-state index < -0.39 is 23.8 Å². The molecule has 1 N–H and O–H groups in total. The molecule has 0 aliphatic carbocycles. The Balaban J connectivity index is 2.62. The van der Waals surface area contributed by atoms with Crippen molar-refractivity contribution in [2.24, 2.45) is 5.92 Å². The minimum atomic E-state index is -0.752. The molecule has 1 amide bonds. The van der Waals surface area contributed by atoms with Crippen LogP contribution in [0, 0.1) is 5.92 Å². The van der Waals surface area contributed by atoms with Crippen LogP contribution in [0.4, 0.5) is 0 Å². The molecule has 0 aromatic heterocycles. The summed E-state index contributed by atoms with van der Waals surface area (Å²) in [6.07, 6.45) is 4.11. The van der Waals surface area contributed by atoms with Gasteiger partial charge in [0.2, 0.25) is 0 Å². The number of hydrogen-bond acceptors (Lipinski definition) is 5. The van der Waals surface area contributed by atoms with E-state index in [2.05, 4.69) is 31.0 Å². The van der Waals surface area contributed by atoms with Gasteiger partial charge in [-0.05, 0) is 39.7 Å². The Bertz CT molecular complexity index is 441. The third-order valence-electron chi connectivity index (χ3n) is 4.66. The SMILES string of the molecule is CCCCCCN(C)[C@@](C)(CC(C)C)NC(=O)[C@H]1O[C@@H]1C(=O)OCC.